The molecule has 1 amide bonds. The molecule has 27 heavy (non-hydrogen) atoms. The molecule has 7 nitrogen and oxygen atoms in total. The van der Waals surface area contributed by atoms with E-state index < -0.39 is 16.0 Å². The van der Waals surface area contributed by atoms with Crippen molar-refractivity contribution in [2.24, 2.45) is 5.92 Å². The van der Waals surface area contributed by atoms with Gasteiger partial charge in [-0.05, 0) is 54.4 Å². The van der Waals surface area contributed by atoms with E-state index in [1.165, 1.54) is 55.6 Å². The van der Waals surface area contributed by atoms with Gasteiger partial charge in [0.1, 0.15) is 0 Å². The lowest BCUT2D eigenvalue weighted by Gasteiger charge is -2.10. The van der Waals surface area contributed by atoms with Gasteiger partial charge in [0.2, 0.25) is 0 Å². The van der Waals surface area contributed by atoms with Gasteiger partial charge in [0, 0.05) is 17.8 Å². The monoisotopic (exact) mass is 390 g/mol. The minimum absolute atomic E-state index is 0.0277. The van der Waals surface area contributed by atoms with Crippen molar-refractivity contribution in [2.75, 3.05) is 18.4 Å². The summed E-state index contributed by atoms with van der Waals surface area (Å²) in [4.78, 5) is 23.4. The van der Waals surface area contributed by atoms with E-state index in [1.807, 2.05) is 13.8 Å². The van der Waals surface area contributed by atoms with Crippen LogP contribution in [-0.2, 0) is 14.8 Å². The predicted octanol–water partition coefficient (Wildman–Crippen LogP) is 2.66. The highest BCUT2D eigenvalue weighted by Gasteiger charge is 2.16. The summed E-state index contributed by atoms with van der Waals surface area (Å²) in [5.74, 6) is -0.432. The summed E-state index contributed by atoms with van der Waals surface area (Å²) in [5.41, 5.74) is 1.01. The Kier molecular flexibility index (Phi) is 6.57. The molecule has 2 rings (SSSR count). The number of benzene rings is 2. The summed E-state index contributed by atoms with van der Waals surface area (Å²) in [7, 11) is -2.55. The van der Waals surface area contributed by atoms with Gasteiger partial charge < -0.3 is 10.1 Å². The molecule has 0 aromatic heterocycles. The Morgan fingerprint density at radius 3 is 2.04 bits per heavy atom. The molecule has 0 heterocycles. The molecule has 0 aliphatic heterocycles. The second-order valence-electron chi connectivity index (χ2n) is 6.30. The predicted molar refractivity (Wildman–Crippen MR) is 102 cm³/mol. The van der Waals surface area contributed by atoms with Gasteiger partial charge in [-0.15, -0.1) is 0 Å². The number of ether oxygens (including phenoxy) is 1. The fourth-order valence-electron chi connectivity index (χ4n) is 2.19. The number of carbonyl (C=O) groups is 2. The molecule has 2 aromatic rings. The summed E-state index contributed by atoms with van der Waals surface area (Å²) in [5, 5.41) is 2.77. The van der Waals surface area contributed by atoms with Crippen LogP contribution in [0.5, 0.6) is 0 Å². The molecule has 0 atom stereocenters. The zero-order chi connectivity index (χ0) is 20.0. The van der Waals surface area contributed by atoms with Crippen molar-refractivity contribution in [3.63, 3.8) is 0 Å². The van der Waals surface area contributed by atoms with Gasteiger partial charge in [0.15, 0.2) is 0 Å². The molecule has 8 heteroatoms. The lowest BCUT2D eigenvalue weighted by Crippen LogP contribution is -2.27. The van der Waals surface area contributed by atoms with Gasteiger partial charge in [-0.2, -0.15) is 0 Å². The first-order valence-corrected chi connectivity index (χ1v) is 9.80. The smallest absolute Gasteiger partial charge is 0.337 e. The quantitative estimate of drug-likeness (QED) is 0.708. The van der Waals surface area contributed by atoms with Gasteiger partial charge in [-0.3, -0.25) is 9.52 Å². The van der Waals surface area contributed by atoms with Crippen LogP contribution in [0.2, 0.25) is 0 Å². The number of methoxy groups -OCH3 is 1. The first-order chi connectivity index (χ1) is 12.7. The van der Waals surface area contributed by atoms with Crippen molar-refractivity contribution >= 4 is 27.6 Å². The third-order valence-electron chi connectivity index (χ3n) is 3.66. The largest absolute Gasteiger partial charge is 0.465 e. The molecule has 0 radical (unpaired) electrons. The van der Waals surface area contributed by atoms with E-state index in [-0.39, 0.29) is 10.8 Å². The zero-order valence-corrected chi connectivity index (χ0v) is 16.2. The second kappa shape index (κ2) is 8.68. The molecule has 0 unspecified atom stereocenters. The van der Waals surface area contributed by atoms with Crippen LogP contribution in [0.25, 0.3) is 0 Å². The normalized spacial score (nSPS) is 11.1. The van der Waals surface area contributed by atoms with Crippen molar-refractivity contribution in [2.45, 2.75) is 18.7 Å². The third-order valence-corrected chi connectivity index (χ3v) is 5.05. The number of hydrogen-bond acceptors (Lipinski definition) is 5. The van der Waals surface area contributed by atoms with Crippen LogP contribution in [-0.4, -0.2) is 33.9 Å². The van der Waals surface area contributed by atoms with Gasteiger partial charge in [0.25, 0.3) is 15.9 Å². The highest BCUT2D eigenvalue weighted by molar-refractivity contribution is 7.92. The summed E-state index contributed by atoms with van der Waals surface area (Å²) >= 11 is 0. The van der Waals surface area contributed by atoms with Gasteiger partial charge >= 0.3 is 5.97 Å². The Morgan fingerprint density at radius 2 is 1.52 bits per heavy atom. The Morgan fingerprint density at radius 1 is 0.963 bits per heavy atom. The molecule has 0 fully saturated rings. The van der Waals surface area contributed by atoms with Gasteiger partial charge in [0.05, 0.1) is 17.6 Å². The standard InChI is InChI=1S/C19H22N2O5S/c1-13(2)12-20-18(22)14-6-10-17(11-7-14)27(24,25)21-16-8-4-15(5-9-16)19(23)26-3/h4-11,13,21H,12H2,1-3H3,(H,20,22). The van der Waals surface area contributed by atoms with E-state index in [1.54, 1.807) is 0 Å². The first kappa shape index (κ1) is 20.4. The Bertz CT molecular complexity index is 904. The first-order valence-electron chi connectivity index (χ1n) is 8.32. The Hall–Kier alpha value is -2.87. The number of sulfonamides is 1. The fourth-order valence-corrected chi connectivity index (χ4v) is 3.25. The minimum Gasteiger partial charge on any atom is -0.465 e. The van der Waals surface area contributed by atoms with Crippen LogP contribution in [0.4, 0.5) is 5.69 Å². The Labute approximate surface area is 158 Å². The van der Waals surface area contributed by atoms with Crippen LogP contribution in [0.15, 0.2) is 53.4 Å². The van der Waals surface area contributed by atoms with Gasteiger partial charge in [-0.1, -0.05) is 13.8 Å². The number of nitrogens with one attached hydrogen (secondary N) is 2. The number of hydrogen-bond donors (Lipinski definition) is 2. The maximum atomic E-state index is 12.5. The molecule has 2 N–H and O–H groups in total. The highest BCUT2D eigenvalue weighted by atomic mass is 32.2. The summed E-state index contributed by atoms with van der Waals surface area (Å²) < 4.78 is 32.0. The van der Waals surface area contributed by atoms with Crippen LogP contribution < -0.4 is 10.0 Å². The van der Waals surface area contributed by atoms with Crippen molar-refractivity contribution in [3.05, 3.63) is 59.7 Å². The maximum Gasteiger partial charge on any atom is 0.337 e. The minimum atomic E-state index is -3.82. The number of amides is 1. The average molecular weight is 390 g/mol. The summed E-state index contributed by atoms with van der Waals surface area (Å²) in [6.45, 7) is 4.51. The number of rotatable bonds is 7. The van der Waals surface area contributed by atoms with Crippen LogP contribution in [0.3, 0.4) is 0 Å². The molecule has 144 valence electrons. The molecule has 0 spiro atoms. The van der Waals surface area contributed by atoms with E-state index >= 15 is 0 Å². The molecule has 2 aromatic carbocycles. The SMILES string of the molecule is COC(=O)c1ccc(NS(=O)(=O)c2ccc(C(=O)NCC(C)C)cc2)cc1. The van der Waals surface area contributed by atoms with Gasteiger partial charge in [-0.25, -0.2) is 13.2 Å². The molecular formula is C19H22N2O5S. The number of esters is 1. The zero-order valence-electron chi connectivity index (χ0n) is 15.4. The molecule has 0 saturated carbocycles. The number of carbonyl (C=O) groups excluding carboxylic acids is 2. The van der Waals surface area contributed by atoms with Crippen LogP contribution >= 0.6 is 0 Å². The van der Waals surface area contributed by atoms with Crippen molar-refractivity contribution in [3.8, 4) is 0 Å². The van der Waals surface area contributed by atoms with Crippen molar-refractivity contribution in [1.82, 2.24) is 5.32 Å². The van der Waals surface area contributed by atoms with Crippen molar-refractivity contribution in [1.29, 1.82) is 0 Å². The lowest BCUT2D eigenvalue weighted by atomic mass is 10.2. The maximum absolute atomic E-state index is 12.5. The highest BCUT2D eigenvalue weighted by Crippen LogP contribution is 2.17. The summed E-state index contributed by atoms with van der Waals surface area (Å²) in [6, 6.07) is 11.5. The van der Waals surface area contributed by atoms with E-state index in [2.05, 4.69) is 14.8 Å². The lowest BCUT2D eigenvalue weighted by molar-refractivity contribution is 0.0600. The molecule has 0 bridgehead atoms. The fraction of sp³-hybridized carbons (Fsp3) is 0.263. The van der Waals surface area contributed by atoms with Crippen LogP contribution in [0, 0.1) is 5.92 Å². The number of anilines is 1. The molecular weight excluding hydrogens is 368 g/mol. The second-order valence-corrected chi connectivity index (χ2v) is 7.99. The molecule has 0 aliphatic rings. The molecule has 0 aliphatic carbocycles. The summed E-state index contributed by atoms with van der Waals surface area (Å²) in [6.07, 6.45) is 0. The molecule has 0 saturated heterocycles. The van der Waals surface area contributed by atoms with Crippen LogP contribution in [0.1, 0.15) is 34.6 Å². The van der Waals surface area contributed by atoms with Crippen molar-refractivity contribution < 1.29 is 22.7 Å². The van der Waals surface area contributed by atoms with E-state index in [0.717, 1.165) is 0 Å². The van der Waals surface area contributed by atoms with E-state index in [0.29, 0.717) is 29.3 Å². The topological polar surface area (TPSA) is 102 Å². The van der Waals surface area contributed by atoms with E-state index in [9.17, 15) is 18.0 Å². The van der Waals surface area contributed by atoms with E-state index in [4.69, 9.17) is 0 Å². The average Bonchev–Trinajstić information content (AvgIpc) is 2.65. The third kappa shape index (κ3) is 5.55. The Balaban J connectivity index is 2.10.